The Morgan fingerprint density at radius 3 is 2.52 bits per heavy atom. The fraction of sp³-hybridized carbons (Fsp3) is 0.385. The predicted molar refractivity (Wildman–Crippen MR) is 80.2 cm³/mol. The number of carbonyl (C=O) groups is 1. The van der Waals surface area contributed by atoms with Gasteiger partial charge in [-0.3, -0.25) is 4.79 Å². The van der Waals surface area contributed by atoms with Crippen molar-refractivity contribution in [1.82, 2.24) is 24.5 Å². The summed E-state index contributed by atoms with van der Waals surface area (Å²) in [5.74, 6) is -0.604. The summed E-state index contributed by atoms with van der Waals surface area (Å²) in [5.41, 5.74) is 0.629. The monoisotopic (exact) mass is 339 g/mol. The quantitative estimate of drug-likeness (QED) is 0.665. The molecule has 0 aliphatic rings. The molecule has 0 fully saturated rings. The van der Waals surface area contributed by atoms with Crippen LogP contribution in [0.5, 0.6) is 0 Å². The summed E-state index contributed by atoms with van der Waals surface area (Å²) < 4.78 is 32.4. The number of sulfonamides is 1. The highest BCUT2D eigenvalue weighted by Gasteiger charge is 2.26. The Labute approximate surface area is 133 Å². The van der Waals surface area contributed by atoms with Crippen LogP contribution in [0, 0.1) is 0 Å². The molecule has 2 aromatic rings. The minimum Gasteiger partial charge on any atom is -0.468 e. The number of benzene rings is 1. The van der Waals surface area contributed by atoms with E-state index in [2.05, 4.69) is 20.3 Å². The first-order valence-corrected chi connectivity index (χ1v) is 8.33. The first kappa shape index (κ1) is 17.0. The van der Waals surface area contributed by atoms with Gasteiger partial charge in [-0.2, -0.15) is 4.31 Å². The minimum absolute atomic E-state index is 0.0895. The van der Waals surface area contributed by atoms with Gasteiger partial charge in [-0.15, -0.1) is 5.10 Å². The molecule has 0 unspecified atom stereocenters. The van der Waals surface area contributed by atoms with E-state index in [-0.39, 0.29) is 18.0 Å². The molecule has 0 aliphatic heterocycles. The van der Waals surface area contributed by atoms with Crippen molar-refractivity contribution in [1.29, 1.82) is 0 Å². The molecule has 23 heavy (non-hydrogen) atoms. The summed E-state index contributed by atoms with van der Waals surface area (Å²) in [6.45, 7) is 1.74. The van der Waals surface area contributed by atoms with Crippen molar-refractivity contribution in [2.24, 2.45) is 0 Å². The number of aromatic nitrogens is 4. The second kappa shape index (κ2) is 7.29. The average molecular weight is 339 g/mol. The molecular weight excluding hydrogens is 322 g/mol. The van der Waals surface area contributed by atoms with Gasteiger partial charge >= 0.3 is 5.97 Å². The Morgan fingerprint density at radius 2 is 2.00 bits per heavy atom. The molecule has 0 radical (unpaired) electrons. The maximum atomic E-state index is 12.6. The van der Waals surface area contributed by atoms with Gasteiger partial charge < -0.3 is 4.74 Å². The molecule has 124 valence electrons. The van der Waals surface area contributed by atoms with E-state index in [1.54, 1.807) is 12.1 Å². The Bertz CT molecular complexity index is 743. The molecule has 0 saturated carbocycles. The van der Waals surface area contributed by atoms with E-state index >= 15 is 0 Å². The second-order valence-corrected chi connectivity index (χ2v) is 6.60. The van der Waals surface area contributed by atoms with Gasteiger partial charge in [-0.1, -0.05) is 6.92 Å². The third kappa shape index (κ3) is 3.90. The Morgan fingerprint density at radius 1 is 1.30 bits per heavy atom. The predicted octanol–water partition coefficient (Wildman–Crippen LogP) is 0.236. The lowest BCUT2D eigenvalue weighted by Crippen LogP contribution is -2.36. The second-order valence-electron chi connectivity index (χ2n) is 4.66. The van der Waals surface area contributed by atoms with Gasteiger partial charge in [-0.25, -0.2) is 13.1 Å². The maximum Gasteiger partial charge on any atom is 0.321 e. The zero-order chi connectivity index (χ0) is 16.9. The average Bonchev–Trinajstić information content (AvgIpc) is 3.09. The summed E-state index contributed by atoms with van der Waals surface area (Å²) in [7, 11) is -2.56. The lowest BCUT2D eigenvalue weighted by Gasteiger charge is -2.20. The van der Waals surface area contributed by atoms with Crippen LogP contribution >= 0.6 is 0 Å². The molecule has 0 saturated heterocycles. The van der Waals surface area contributed by atoms with Crippen molar-refractivity contribution < 1.29 is 17.9 Å². The first-order valence-electron chi connectivity index (χ1n) is 6.89. The fourth-order valence-corrected chi connectivity index (χ4v) is 3.42. The van der Waals surface area contributed by atoms with Crippen LogP contribution in [-0.2, 0) is 19.6 Å². The molecule has 0 bridgehead atoms. The number of carbonyl (C=O) groups excluding carboxylic acids is 1. The van der Waals surface area contributed by atoms with E-state index in [0.717, 1.165) is 4.31 Å². The van der Waals surface area contributed by atoms with E-state index in [0.29, 0.717) is 12.1 Å². The smallest absolute Gasteiger partial charge is 0.321 e. The highest BCUT2D eigenvalue weighted by molar-refractivity contribution is 7.89. The third-order valence-electron chi connectivity index (χ3n) is 3.09. The number of rotatable bonds is 7. The highest BCUT2D eigenvalue weighted by atomic mass is 32.2. The van der Waals surface area contributed by atoms with Crippen molar-refractivity contribution in [3.05, 3.63) is 30.6 Å². The minimum atomic E-state index is -3.78. The number of esters is 1. The molecule has 2 rings (SSSR count). The molecule has 10 heteroatoms. The van der Waals surface area contributed by atoms with Crippen LogP contribution in [0.3, 0.4) is 0 Å². The van der Waals surface area contributed by atoms with E-state index in [9.17, 15) is 13.2 Å². The van der Waals surface area contributed by atoms with Crippen molar-refractivity contribution in [2.45, 2.75) is 18.2 Å². The first-order chi connectivity index (χ1) is 11.0. The van der Waals surface area contributed by atoms with Crippen molar-refractivity contribution in [2.75, 3.05) is 20.2 Å². The zero-order valence-electron chi connectivity index (χ0n) is 12.8. The van der Waals surface area contributed by atoms with Crippen LogP contribution in [-0.4, -0.2) is 59.1 Å². The molecule has 1 aromatic carbocycles. The van der Waals surface area contributed by atoms with E-state index < -0.39 is 16.0 Å². The molecule has 0 N–H and O–H groups in total. The number of hydrogen-bond donors (Lipinski definition) is 0. The van der Waals surface area contributed by atoms with Gasteiger partial charge in [0.15, 0.2) is 0 Å². The molecule has 0 aliphatic carbocycles. The Hall–Kier alpha value is -2.33. The van der Waals surface area contributed by atoms with Gasteiger partial charge in [-0.05, 0) is 41.1 Å². The van der Waals surface area contributed by atoms with Gasteiger partial charge in [0.05, 0.1) is 17.7 Å². The summed E-state index contributed by atoms with van der Waals surface area (Å²) >= 11 is 0. The third-order valence-corrected chi connectivity index (χ3v) is 4.95. The highest BCUT2D eigenvalue weighted by Crippen LogP contribution is 2.18. The van der Waals surface area contributed by atoms with Crippen LogP contribution < -0.4 is 0 Å². The summed E-state index contributed by atoms with van der Waals surface area (Å²) in [5, 5.41) is 10.8. The molecule has 9 nitrogen and oxygen atoms in total. The van der Waals surface area contributed by atoms with Crippen molar-refractivity contribution in [3.63, 3.8) is 0 Å². The standard InChI is InChI=1S/C13H17N5O4S/c1-3-8-17(9-13(19)22-2)23(20,21)12-6-4-11(5-7-12)18-10-14-15-16-18/h4-7,10H,3,8-9H2,1-2H3. The van der Waals surface area contributed by atoms with E-state index in [1.807, 2.05) is 6.92 Å². The molecule has 0 atom stereocenters. The lowest BCUT2D eigenvalue weighted by molar-refractivity contribution is -0.140. The topological polar surface area (TPSA) is 107 Å². The molecule has 1 heterocycles. The summed E-state index contributed by atoms with van der Waals surface area (Å²) in [6.07, 6.45) is 1.99. The number of methoxy groups -OCH3 is 1. The number of nitrogens with zero attached hydrogens (tertiary/aromatic N) is 5. The van der Waals surface area contributed by atoms with Gasteiger partial charge in [0.2, 0.25) is 10.0 Å². The number of hydrogen-bond acceptors (Lipinski definition) is 7. The van der Waals surface area contributed by atoms with Crippen LogP contribution in [0.4, 0.5) is 0 Å². The van der Waals surface area contributed by atoms with Gasteiger partial charge in [0.25, 0.3) is 0 Å². The van der Waals surface area contributed by atoms with Crippen LogP contribution in [0.2, 0.25) is 0 Å². The normalized spacial score (nSPS) is 11.6. The van der Waals surface area contributed by atoms with E-state index in [4.69, 9.17) is 0 Å². The maximum absolute atomic E-state index is 12.6. The van der Waals surface area contributed by atoms with Gasteiger partial charge in [0.1, 0.15) is 12.9 Å². The zero-order valence-corrected chi connectivity index (χ0v) is 13.6. The Kier molecular flexibility index (Phi) is 5.40. The largest absolute Gasteiger partial charge is 0.468 e. The van der Waals surface area contributed by atoms with Crippen LogP contribution in [0.25, 0.3) is 5.69 Å². The van der Waals surface area contributed by atoms with E-state index in [1.165, 1.54) is 30.3 Å². The van der Waals surface area contributed by atoms with Crippen LogP contribution in [0.1, 0.15) is 13.3 Å². The molecular formula is C13H17N5O4S. The lowest BCUT2D eigenvalue weighted by atomic mass is 10.3. The molecule has 0 spiro atoms. The molecule has 0 amide bonds. The molecule has 1 aromatic heterocycles. The Balaban J connectivity index is 2.27. The number of ether oxygens (including phenoxy) is 1. The number of tetrazole rings is 1. The fourth-order valence-electron chi connectivity index (χ4n) is 1.94. The van der Waals surface area contributed by atoms with Crippen molar-refractivity contribution in [3.8, 4) is 5.69 Å². The van der Waals surface area contributed by atoms with Gasteiger partial charge in [0, 0.05) is 6.54 Å². The summed E-state index contributed by atoms with van der Waals surface area (Å²) in [6, 6.07) is 6.08. The van der Waals surface area contributed by atoms with Crippen molar-refractivity contribution >= 4 is 16.0 Å². The van der Waals surface area contributed by atoms with Crippen LogP contribution in [0.15, 0.2) is 35.5 Å². The summed E-state index contributed by atoms with van der Waals surface area (Å²) in [4.78, 5) is 11.5. The SMILES string of the molecule is CCCN(CC(=O)OC)S(=O)(=O)c1ccc(-n2cnnn2)cc1.